The van der Waals surface area contributed by atoms with Crippen molar-refractivity contribution in [2.45, 2.75) is 6.92 Å². The van der Waals surface area contributed by atoms with Crippen molar-refractivity contribution in [3.8, 4) is 5.95 Å². The number of carbonyl (C=O) groups is 1. The van der Waals surface area contributed by atoms with Crippen LogP contribution in [0.3, 0.4) is 0 Å². The Morgan fingerprint density at radius 1 is 1.50 bits per heavy atom. The molecule has 2 rings (SSSR count). The van der Waals surface area contributed by atoms with E-state index in [1.807, 2.05) is 0 Å². The van der Waals surface area contributed by atoms with Crippen LogP contribution in [0.2, 0.25) is 0 Å². The highest BCUT2D eigenvalue weighted by molar-refractivity contribution is 5.88. The van der Waals surface area contributed by atoms with Gasteiger partial charge in [0.05, 0.1) is 11.9 Å². The van der Waals surface area contributed by atoms with E-state index in [2.05, 4.69) is 20.3 Å². The first-order valence-corrected chi connectivity index (χ1v) is 4.30. The summed E-state index contributed by atoms with van der Waals surface area (Å²) < 4.78 is 1.21. The first-order chi connectivity index (χ1) is 7.59. The van der Waals surface area contributed by atoms with Gasteiger partial charge in [-0.15, -0.1) is 10.2 Å². The smallest absolute Gasteiger partial charge is 0.339 e. The van der Waals surface area contributed by atoms with Crippen LogP contribution in [-0.4, -0.2) is 36.0 Å². The summed E-state index contributed by atoms with van der Waals surface area (Å²) in [4.78, 5) is 24.2. The Labute approximate surface area is 88.6 Å². The van der Waals surface area contributed by atoms with Crippen LogP contribution in [0.15, 0.2) is 17.2 Å². The molecule has 2 aromatic rings. The normalized spacial score (nSPS) is 10.3. The highest BCUT2D eigenvalue weighted by Crippen LogP contribution is 2.09. The van der Waals surface area contributed by atoms with E-state index in [4.69, 9.17) is 5.11 Å². The SMILES string of the molecule is Cc1c(C(=O)O)cnn1-c1nncc(=O)[nH]1. The van der Waals surface area contributed by atoms with Crippen LogP contribution in [0.1, 0.15) is 16.1 Å². The lowest BCUT2D eigenvalue weighted by Crippen LogP contribution is -2.15. The van der Waals surface area contributed by atoms with Gasteiger partial charge in [-0.3, -0.25) is 9.78 Å². The molecular weight excluding hydrogens is 214 g/mol. The summed E-state index contributed by atoms with van der Waals surface area (Å²) in [6.07, 6.45) is 2.20. The average molecular weight is 221 g/mol. The van der Waals surface area contributed by atoms with Gasteiger partial charge < -0.3 is 5.11 Å². The highest BCUT2D eigenvalue weighted by Gasteiger charge is 2.14. The van der Waals surface area contributed by atoms with Crippen molar-refractivity contribution >= 4 is 5.97 Å². The van der Waals surface area contributed by atoms with E-state index in [1.54, 1.807) is 6.92 Å². The van der Waals surface area contributed by atoms with Crippen molar-refractivity contribution in [3.63, 3.8) is 0 Å². The summed E-state index contributed by atoms with van der Waals surface area (Å²) in [6, 6.07) is 0. The first-order valence-electron chi connectivity index (χ1n) is 4.30. The van der Waals surface area contributed by atoms with Crippen molar-refractivity contribution in [1.29, 1.82) is 0 Å². The lowest BCUT2D eigenvalue weighted by atomic mass is 10.3. The minimum atomic E-state index is -1.09. The van der Waals surface area contributed by atoms with E-state index in [9.17, 15) is 9.59 Å². The number of aromatic nitrogens is 5. The lowest BCUT2D eigenvalue weighted by Gasteiger charge is -2.00. The van der Waals surface area contributed by atoms with Crippen molar-refractivity contribution in [2.75, 3.05) is 0 Å². The second kappa shape index (κ2) is 3.57. The maximum absolute atomic E-state index is 11.0. The van der Waals surface area contributed by atoms with Crippen LogP contribution in [0, 0.1) is 6.92 Å². The molecule has 0 aliphatic carbocycles. The van der Waals surface area contributed by atoms with Gasteiger partial charge in [-0.05, 0) is 6.92 Å². The largest absolute Gasteiger partial charge is 0.478 e. The first kappa shape index (κ1) is 10.0. The Hall–Kier alpha value is -2.51. The Balaban J connectivity index is 2.57. The quantitative estimate of drug-likeness (QED) is 0.697. The van der Waals surface area contributed by atoms with Crippen molar-refractivity contribution in [1.82, 2.24) is 25.0 Å². The van der Waals surface area contributed by atoms with Gasteiger partial charge in [-0.1, -0.05) is 0 Å². The van der Waals surface area contributed by atoms with Crippen molar-refractivity contribution < 1.29 is 9.90 Å². The monoisotopic (exact) mass is 221 g/mol. The second-order valence-electron chi connectivity index (χ2n) is 3.02. The van der Waals surface area contributed by atoms with Crippen LogP contribution in [0.5, 0.6) is 0 Å². The van der Waals surface area contributed by atoms with Crippen LogP contribution in [0.4, 0.5) is 0 Å². The summed E-state index contributed by atoms with van der Waals surface area (Å²) in [5, 5.41) is 19.7. The molecule has 0 aromatic carbocycles. The van der Waals surface area contributed by atoms with Crippen LogP contribution in [0.25, 0.3) is 5.95 Å². The number of hydrogen-bond acceptors (Lipinski definition) is 5. The number of aromatic carboxylic acids is 1. The molecule has 16 heavy (non-hydrogen) atoms. The third-order valence-electron chi connectivity index (χ3n) is 2.00. The Morgan fingerprint density at radius 2 is 2.25 bits per heavy atom. The number of hydrogen-bond donors (Lipinski definition) is 2. The van der Waals surface area contributed by atoms with E-state index in [0.717, 1.165) is 6.20 Å². The Bertz CT molecular complexity index is 600. The second-order valence-corrected chi connectivity index (χ2v) is 3.02. The maximum Gasteiger partial charge on any atom is 0.339 e. The molecule has 0 unspecified atom stereocenters. The summed E-state index contributed by atoms with van der Waals surface area (Å²) in [7, 11) is 0. The molecule has 0 fully saturated rings. The van der Waals surface area contributed by atoms with Gasteiger partial charge in [0.1, 0.15) is 11.8 Å². The summed E-state index contributed by atoms with van der Waals surface area (Å²) in [6.45, 7) is 1.56. The summed E-state index contributed by atoms with van der Waals surface area (Å²) in [5.41, 5.74) is -0.0214. The summed E-state index contributed by atoms with van der Waals surface area (Å²) >= 11 is 0. The number of carboxylic acid groups (broad SMARTS) is 1. The van der Waals surface area contributed by atoms with E-state index in [0.29, 0.717) is 5.69 Å². The lowest BCUT2D eigenvalue weighted by molar-refractivity contribution is 0.0696. The molecule has 8 heteroatoms. The minimum absolute atomic E-state index is 0.0477. The topological polar surface area (TPSA) is 114 Å². The fourth-order valence-electron chi connectivity index (χ4n) is 1.23. The zero-order valence-electron chi connectivity index (χ0n) is 8.21. The van der Waals surface area contributed by atoms with Crippen LogP contribution < -0.4 is 5.56 Å². The number of nitrogens with one attached hydrogen (secondary N) is 1. The van der Waals surface area contributed by atoms with E-state index < -0.39 is 11.5 Å². The van der Waals surface area contributed by atoms with Gasteiger partial charge in [0.25, 0.3) is 11.5 Å². The molecule has 0 aliphatic rings. The minimum Gasteiger partial charge on any atom is -0.478 e. The standard InChI is InChI=1S/C8H7N5O3/c1-4-5(7(15)16)2-10-13(4)8-11-6(14)3-9-12-8/h2-3H,1H3,(H,15,16)(H,11,12,14). The van der Waals surface area contributed by atoms with Crippen LogP contribution in [-0.2, 0) is 0 Å². The van der Waals surface area contributed by atoms with Gasteiger partial charge in [-0.2, -0.15) is 5.10 Å². The fraction of sp³-hybridized carbons (Fsp3) is 0.125. The van der Waals surface area contributed by atoms with Gasteiger partial charge in [0, 0.05) is 0 Å². The zero-order chi connectivity index (χ0) is 11.7. The van der Waals surface area contributed by atoms with E-state index in [-0.39, 0.29) is 11.5 Å². The predicted octanol–water partition coefficient (Wildman–Crippen LogP) is -0.643. The average Bonchev–Trinajstić information content (AvgIpc) is 2.60. The Morgan fingerprint density at radius 3 is 2.81 bits per heavy atom. The Kier molecular flexibility index (Phi) is 2.24. The molecule has 2 aromatic heterocycles. The molecule has 82 valence electrons. The third-order valence-corrected chi connectivity index (χ3v) is 2.00. The molecular formula is C8H7N5O3. The number of rotatable bonds is 2. The van der Waals surface area contributed by atoms with E-state index in [1.165, 1.54) is 10.9 Å². The molecule has 0 saturated carbocycles. The molecule has 0 atom stereocenters. The third kappa shape index (κ3) is 1.56. The van der Waals surface area contributed by atoms with E-state index >= 15 is 0 Å². The molecule has 0 bridgehead atoms. The molecule has 0 radical (unpaired) electrons. The number of H-pyrrole nitrogens is 1. The fourth-order valence-corrected chi connectivity index (χ4v) is 1.23. The molecule has 0 aliphatic heterocycles. The van der Waals surface area contributed by atoms with Gasteiger partial charge >= 0.3 is 5.97 Å². The zero-order valence-corrected chi connectivity index (χ0v) is 8.21. The van der Waals surface area contributed by atoms with Crippen LogP contribution >= 0.6 is 0 Å². The number of nitrogens with zero attached hydrogens (tertiary/aromatic N) is 4. The number of aromatic amines is 1. The number of carboxylic acids is 1. The van der Waals surface area contributed by atoms with Crippen molar-refractivity contribution in [2.24, 2.45) is 0 Å². The van der Waals surface area contributed by atoms with Gasteiger partial charge in [0.2, 0.25) is 0 Å². The highest BCUT2D eigenvalue weighted by atomic mass is 16.4. The van der Waals surface area contributed by atoms with Gasteiger partial charge in [0.15, 0.2) is 0 Å². The molecule has 0 saturated heterocycles. The van der Waals surface area contributed by atoms with Crippen molar-refractivity contribution in [3.05, 3.63) is 34.0 Å². The molecule has 8 nitrogen and oxygen atoms in total. The molecule has 0 spiro atoms. The maximum atomic E-state index is 11.0. The van der Waals surface area contributed by atoms with Gasteiger partial charge in [-0.25, -0.2) is 9.48 Å². The summed E-state index contributed by atoms with van der Waals surface area (Å²) in [5.74, 6) is -1.01. The molecule has 2 N–H and O–H groups in total. The molecule has 2 heterocycles. The predicted molar refractivity (Wildman–Crippen MR) is 51.5 cm³/mol. The molecule has 0 amide bonds.